The number of nitrogens with zero attached hydrogens (tertiary/aromatic N) is 1. The van der Waals surface area contributed by atoms with E-state index in [0.29, 0.717) is 6.42 Å². The number of hydrogen-bond donors (Lipinski definition) is 0. The van der Waals surface area contributed by atoms with Crippen molar-refractivity contribution in [3.05, 3.63) is 0 Å². The third kappa shape index (κ3) is 9.53. The van der Waals surface area contributed by atoms with Crippen molar-refractivity contribution in [3.63, 3.8) is 0 Å². The second-order valence-corrected chi connectivity index (χ2v) is 3.79. The fourth-order valence-electron chi connectivity index (χ4n) is 0.728. The highest BCUT2D eigenvalue weighted by Crippen LogP contribution is 2.03. The summed E-state index contributed by atoms with van der Waals surface area (Å²) in [5.74, 6) is -0.240. The van der Waals surface area contributed by atoms with Crippen molar-refractivity contribution in [3.8, 4) is 0 Å². The van der Waals surface area contributed by atoms with Crippen LogP contribution in [-0.2, 0) is 9.63 Å². The van der Waals surface area contributed by atoms with Gasteiger partial charge in [-0.2, -0.15) is 0 Å². The molecule has 0 aliphatic heterocycles. The Morgan fingerprint density at radius 2 is 2.00 bits per heavy atom. The van der Waals surface area contributed by atoms with Gasteiger partial charge in [0.15, 0.2) is 0 Å². The largest absolute Gasteiger partial charge is 0.335 e. The highest BCUT2D eigenvalue weighted by molar-refractivity contribution is 9.09. The predicted molar refractivity (Wildman–Crippen MR) is 57.1 cm³/mol. The van der Waals surface area contributed by atoms with Crippen molar-refractivity contribution < 1.29 is 9.63 Å². The average molecular weight is 250 g/mol. The summed E-state index contributed by atoms with van der Waals surface area (Å²) in [5, 5.41) is 4.58. The SMILES string of the molecule is CC(C)=NOC(=O)CCCCCBr. The van der Waals surface area contributed by atoms with Crippen LogP contribution in [0.5, 0.6) is 0 Å². The monoisotopic (exact) mass is 249 g/mol. The van der Waals surface area contributed by atoms with Gasteiger partial charge in [-0.05, 0) is 26.7 Å². The first-order valence-electron chi connectivity index (χ1n) is 4.44. The van der Waals surface area contributed by atoms with Gasteiger partial charge in [-0.3, -0.25) is 0 Å². The average Bonchev–Trinajstić information content (AvgIpc) is 2.09. The van der Waals surface area contributed by atoms with Crippen LogP contribution in [0.2, 0.25) is 0 Å². The Morgan fingerprint density at radius 1 is 1.31 bits per heavy atom. The molecular weight excluding hydrogens is 234 g/mol. The third-order valence-corrected chi connectivity index (χ3v) is 1.91. The second kappa shape index (κ2) is 8.23. The normalized spacial score (nSPS) is 9.46. The van der Waals surface area contributed by atoms with E-state index in [-0.39, 0.29) is 5.97 Å². The smallest absolute Gasteiger partial charge is 0.318 e. The van der Waals surface area contributed by atoms with E-state index in [4.69, 9.17) is 0 Å². The number of carbonyl (C=O) groups is 1. The molecule has 0 aromatic rings. The fourth-order valence-corrected chi connectivity index (χ4v) is 1.12. The molecule has 0 atom stereocenters. The lowest BCUT2D eigenvalue weighted by atomic mass is 10.2. The van der Waals surface area contributed by atoms with Gasteiger partial charge < -0.3 is 4.84 Å². The van der Waals surface area contributed by atoms with Crippen LogP contribution >= 0.6 is 15.9 Å². The summed E-state index contributed by atoms with van der Waals surface area (Å²) in [6.07, 6.45) is 3.49. The van der Waals surface area contributed by atoms with E-state index in [0.717, 1.165) is 30.3 Å². The molecule has 0 radical (unpaired) electrons. The summed E-state index contributed by atoms with van der Waals surface area (Å²) in [6.45, 7) is 3.58. The first kappa shape index (κ1) is 12.6. The molecule has 0 fully saturated rings. The molecule has 0 N–H and O–H groups in total. The number of carbonyl (C=O) groups excluding carboxylic acids is 1. The lowest BCUT2D eigenvalue weighted by Crippen LogP contribution is -2.00. The maximum atomic E-state index is 11.0. The summed E-state index contributed by atoms with van der Waals surface area (Å²) in [6, 6.07) is 0. The standard InChI is InChI=1S/C9H16BrNO2/c1-8(2)11-13-9(12)6-4-3-5-7-10/h3-7H2,1-2H3. The van der Waals surface area contributed by atoms with E-state index in [1.54, 1.807) is 13.8 Å². The quantitative estimate of drug-likeness (QED) is 0.239. The van der Waals surface area contributed by atoms with E-state index in [9.17, 15) is 4.79 Å². The van der Waals surface area contributed by atoms with Crippen LogP contribution < -0.4 is 0 Å². The van der Waals surface area contributed by atoms with Gasteiger partial charge >= 0.3 is 5.97 Å². The highest BCUT2D eigenvalue weighted by atomic mass is 79.9. The molecule has 3 nitrogen and oxygen atoms in total. The maximum absolute atomic E-state index is 11.0. The van der Waals surface area contributed by atoms with Crippen LogP contribution in [0, 0.1) is 0 Å². The summed E-state index contributed by atoms with van der Waals surface area (Å²) in [4.78, 5) is 15.6. The van der Waals surface area contributed by atoms with Gasteiger partial charge in [0.25, 0.3) is 0 Å². The number of oxime groups is 1. The van der Waals surface area contributed by atoms with E-state index in [2.05, 4.69) is 25.9 Å². The van der Waals surface area contributed by atoms with Gasteiger partial charge in [-0.25, -0.2) is 4.79 Å². The van der Waals surface area contributed by atoms with E-state index < -0.39 is 0 Å². The highest BCUT2D eigenvalue weighted by Gasteiger charge is 2.01. The first-order valence-corrected chi connectivity index (χ1v) is 5.56. The van der Waals surface area contributed by atoms with Crippen LogP contribution in [0.15, 0.2) is 5.16 Å². The summed E-state index contributed by atoms with van der Waals surface area (Å²) < 4.78 is 0. The lowest BCUT2D eigenvalue weighted by Gasteiger charge is -1.97. The Morgan fingerprint density at radius 3 is 2.54 bits per heavy atom. The van der Waals surface area contributed by atoms with E-state index in [1.807, 2.05) is 0 Å². The molecule has 13 heavy (non-hydrogen) atoms. The number of unbranched alkanes of at least 4 members (excludes halogenated alkanes) is 2. The molecule has 0 aromatic carbocycles. The van der Waals surface area contributed by atoms with Crippen molar-refractivity contribution in [1.82, 2.24) is 0 Å². The molecule has 0 aliphatic rings. The van der Waals surface area contributed by atoms with Crippen LogP contribution in [0.3, 0.4) is 0 Å². The Kier molecular flexibility index (Phi) is 7.99. The summed E-state index contributed by atoms with van der Waals surface area (Å²) in [5.41, 5.74) is 0.758. The van der Waals surface area contributed by atoms with Crippen molar-refractivity contribution in [2.45, 2.75) is 39.5 Å². The molecule has 0 unspecified atom stereocenters. The van der Waals surface area contributed by atoms with E-state index >= 15 is 0 Å². The number of rotatable bonds is 6. The van der Waals surface area contributed by atoms with Gasteiger partial charge in [0.1, 0.15) is 0 Å². The van der Waals surface area contributed by atoms with Gasteiger partial charge in [-0.1, -0.05) is 27.5 Å². The van der Waals surface area contributed by atoms with Gasteiger partial charge in [-0.15, -0.1) is 0 Å². The Bertz CT molecular complexity index is 176. The number of alkyl halides is 1. The zero-order valence-electron chi connectivity index (χ0n) is 8.18. The Hall–Kier alpha value is -0.380. The van der Waals surface area contributed by atoms with Gasteiger partial charge in [0, 0.05) is 11.8 Å². The second-order valence-electron chi connectivity index (χ2n) is 3.00. The van der Waals surface area contributed by atoms with Gasteiger partial charge in [0.05, 0.1) is 5.71 Å². The molecule has 0 amide bonds. The molecule has 0 aliphatic carbocycles. The molecule has 0 saturated carbocycles. The molecule has 0 bridgehead atoms. The molecule has 0 spiro atoms. The zero-order valence-corrected chi connectivity index (χ0v) is 9.76. The summed E-state index contributed by atoms with van der Waals surface area (Å²) in [7, 11) is 0. The van der Waals surface area contributed by atoms with Crippen LogP contribution in [0.1, 0.15) is 39.5 Å². The summed E-state index contributed by atoms with van der Waals surface area (Å²) >= 11 is 3.33. The van der Waals surface area contributed by atoms with Crippen molar-refractivity contribution in [2.75, 3.05) is 5.33 Å². The van der Waals surface area contributed by atoms with Crippen molar-refractivity contribution in [1.29, 1.82) is 0 Å². The lowest BCUT2D eigenvalue weighted by molar-refractivity contribution is -0.143. The minimum atomic E-state index is -0.240. The fraction of sp³-hybridized carbons (Fsp3) is 0.778. The van der Waals surface area contributed by atoms with E-state index in [1.165, 1.54) is 0 Å². The van der Waals surface area contributed by atoms with Crippen LogP contribution in [0.25, 0.3) is 0 Å². The minimum Gasteiger partial charge on any atom is -0.318 e. The van der Waals surface area contributed by atoms with Crippen molar-refractivity contribution in [2.24, 2.45) is 5.16 Å². The molecule has 0 heterocycles. The number of halogens is 1. The predicted octanol–water partition coefficient (Wildman–Crippen LogP) is 2.88. The molecule has 0 rings (SSSR count). The van der Waals surface area contributed by atoms with Crippen molar-refractivity contribution >= 4 is 27.6 Å². The third-order valence-electron chi connectivity index (χ3n) is 1.34. The molecule has 4 heteroatoms. The number of hydrogen-bond acceptors (Lipinski definition) is 3. The Labute approximate surface area is 87.7 Å². The molecular formula is C9H16BrNO2. The van der Waals surface area contributed by atoms with Crippen LogP contribution in [-0.4, -0.2) is 17.0 Å². The van der Waals surface area contributed by atoms with Gasteiger partial charge in [0.2, 0.25) is 0 Å². The first-order chi connectivity index (χ1) is 6.16. The molecule has 0 saturated heterocycles. The van der Waals surface area contributed by atoms with Crippen LogP contribution in [0.4, 0.5) is 0 Å². The Balaban J connectivity index is 3.36. The topological polar surface area (TPSA) is 38.7 Å². The minimum absolute atomic E-state index is 0.240. The molecule has 0 aromatic heterocycles. The zero-order chi connectivity index (χ0) is 10.1. The molecule has 76 valence electrons. The maximum Gasteiger partial charge on any atom is 0.335 e.